The highest BCUT2D eigenvalue weighted by Crippen LogP contribution is 2.45. The molecule has 1 aromatic heterocycles. The van der Waals surface area contributed by atoms with Crippen molar-refractivity contribution in [2.45, 2.75) is 50.3 Å². The van der Waals surface area contributed by atoms with E-state index in [0.717, 1.165) is 44.8 Å². The van der Waals surface area contributed by atoms with E-state index in [9.17, 15) is 0 Å². The van der Waals surface area contributed by atoms with Crippen LogP contribution in [0.15, 0.2) is 6.20 Å². The molecule has 1 N–H and O–H groups in total. The molecule has 3 rings (SSSR count). The van der Waals surface area contributed by atoms with Gasteiger partial charge in [-0.15, -0.1) is 5.10 Å². The first kappa shape index (κ1) is 14.0. The van der Waals surface area contributed by atoms with Gasteiger partial charge < -0.3 is 14.8 Å². The van der Waals surface area contributed by atoms with Gasteiger partial charge >= 0.3 is 0 Å². The summed E-state index contributed by atoms with van der Waals surface area (Å²) in [5.74, 6) is 0. The number of methoxy groups -OCH3 is 1. The molecule has 6 heteroatoms. The summed E-state index contributed by atoms with van der Waals surface area (Å²) in [6, 6.07) is 0.448. The van der Waals surface area contributed by atoms with Crippen LogP contribution in [0.1, 0.15) is 43.8 Å². The maximum absolute atomic E-state index is 5.96. The zero-order valence-electron chi connectivity index (χ0n) is 12.2. The zero-order valence-corrected chi connectivity index (χ0v) is 12.2. The van der Waals surface area contributed by atoms with Crippen LogP contribution in [0.4, 0.5) is 0 Å². The number of nitrogens with one attached hydrogen (secondary N) is 1. The van der Waals surface area contributed by atoms with Gasteiger partial charge in [-0.25, -0.2) is 4.68 Å². The van der Waals surface area contributed by atoms with E-state index in [2.05, 4.69) is 21.8 Å². The summed E-state index contributed by atoms with van der Waals surface area (Å²) in [6.07, 6.45) is 7.93. The van der Waals surface area contributed by atoms with Gasteiger partial charge in [-0.3, -0.25) is 0 Å². The molecule has 1 unspecified atom stereocenters. The van der Waals surface area contributed by atoms with Crippen molar-refractivity contribution in [3.05, 3.63) is 11.9 Å². The van der Waals surface area contributed by atoms with Crippen molar-refractivity contribution in [2.24, 2.45) is 0 Å². The number of nitrogens with zero attached hydrogens (tertiary/aromatic N) is 3. The number of hydrogen-bond acceptors (Lipinski definition) is 5. The van der Waals surface area contributed by atoms with E-state index < -0.39 is 0 Å². The first-order valence-corrected chi connectivity index (χ1v) is 7.56. The monoisotopic (exact) mass is 280 g/mol. The van der Waals surface area contributed by atoms with E-state index in [1.54, 1.807) is 7.11 Å². The van der Waals surface area contributed by atoms with E-state index in [0.29, 0.717) is 6.04 Å². The fourth-order valence-electron chi connectivity index (χ4n) is 3.11. The lowest BCUT2D eigenvalue weighted by Gasteiger charge is -2.47. The molecule has 2 aliphatic rings. The Bertz CT molecular complexity index is 431. The minimum atomic E-state index is 0.158. The highest BCUT2D eigenvalue weighted by atomic mass is 16.5. The maximum Gasteiger partial charge on any atom is 0.0964 e. The molecule has 1 saturated heterocycles. The second kappa shape index (κ2) is 6.20. The summed E-state index contributed by atoms with van der Waals surface area (Å²) in [5, 5.41) is 11.8. The molecule has 0 bridgehead atoms. The van der Waals surface area contributed by atoms with Crippen molar-refractivity contribution in [2.75, 3.05) is 26.9 Å². The number of rotatable bonds is 6. The van der Waals surface area contributed by atoms with Crippen LogP contribution >= 0.6 is 0 Å². The summed E-state index contributed by atoms with van der Waals surface area (Å²) < 4.78 is 13.0. The molecule has 0 aromatic carbocycles. The fraction of sp³-hybridized carbons (Fsp3) is 0.857. The van der Waals surface area contributed by atoms with Crippen LogP contribution in [0.25, 0.3) is 0 Å². The number of ether oxygens (including phenoxy) is 2. The van der Waals surface area contributed by atoms with E-state index >= 15 is 0 Å². The molecule has 1 aromatic rings. The van der Waals surface area contributed by atoms with Gasteiger partial charge in [0.05, 0.1) is 30.1 Å². The normalized spacial score (nSPS) is 24.8. The maximum atomic E-state index is 5.96. The summed E-state index contributed by atoms with van der Waals surface area (Å²) in [6.45, 7) is 3.16. The van der Waals surface area contributed by atoms with Gasteiger partial charge in [-0.2, -0.15) is 0 Å². The van der Waals surface area contributed by atoms with Gasteiger partial charge in [0, 0.05) is 26.8 Å². The zero-order chi connectivity index (χ0) is 13.8. The van der Waals surface area contributed by atoms with Gasteiger partial charge in [0.15, 0.2) is 0 Å². The Morgan fingerprint density at radius 2 is 2.45 bits per heavy atom. The van der Waals surface area contributed by atoms with Gasteiger partial charge in [0.1, 0.15) is 0 Å². The van der Waals surface area contributed by atoms with E-state index in [4.69, 9.17) is 9.47 Å². The lowest BCUT2D eigenvalue weighted by atomic mass is 9.74. The third kappa shape index (κ3) is 3.02. The number of aromatic nitrogens is 3. The van der Waals surface area contributed by atoms with Crippen LogP contribution in [-0.4, -0.2) is 47.5 Å². The molecule has 2 fully saturated rings. The molecule has 1 saturated carbocycles. The third-order valence-electron chi connectivity index (χ3n) is 4.45. The van der Waals surface area contributed by atoms with Crippen molar-refractivity contribution in [1.82, 2.24) is 20.3 Å². The second-order valence-corrected chi connectivity index (χ2v) is 5.89. The molecule has 0 radical (unpaired) electrons. The largest absolute Gasteiger partial charge is 0.383 e. The van der Waals surface area contributed by atoms with Crippen molar-refractivity contribution < 1.29 is 9.47 Å². The van der Waals surface area contributed by atoms with Crippen LogP contribution in [0, 0.1) is 0 Å². The lowest BCUT2D eigenvalue weighted by molar-refractivity contribution is -0.141. The minimum Gasteiger partial charge on any atom is -0.383 e. The van der Waals surface area contributed by atoms with Gasteiger partial charge in [-0.05, 0) is 32.1 Å². The molecule has 20 heavy (non-hydrogen) atoms. The Labute approximate surface area is 119 Å². The van der Waals surface area contributed by atoms with Crippen LogP contribution < -0.4 is 5.32 Å². The van der Waals surface area contributed by atoms with Crippen molar-refractivity contribution in [1.29, 1.82) is 0 Å². The van der Waals surface area contributed by atoms with Crippen LogP contribution in [-0.2, 0) is 16.0 Å². The summed E-state index contributed by atoms with van der Waals surface area (Å²) in [7, 11) is 1.71. The average molecular weight is 280 g/mol. The van der Waals surface area contributed by atoms with Crippen LogP contribution in [0.3, 0.4) is 0 Å². The molecular weight excluding hydrogens is 256 g/mol. The predicted molar refractivity (Wildman–Crippen MR) is 74.4 cm³/mol. The molecule has 112 valence electrons. The van der Waals surface area contributed by atoms with Crippen molar-refractivity contribution >= 4 is 0 Å². The average Bonchev–Trinajstić information content (AvgIpc) is 2.91. The topological polar surface area (TPSA) is 61.2 Å². The Balaban J connectivity index is 1.53. The number of hydrogen-bond donors (Lipinski definition) is 1. The molecule has 1 atom stereocenters. The van der Waals surface area contributed by atoms with Crippen LogP contribution in [0.2, 0.25) is 0 Å². The highest BCUT2D eigenvalue weighted by Gasteiger charge is 2.43. The molecule has 0 amide bonds. The Kier molecular flexibility index (Phi) is 4.33. The molecule has 1 aliphatic heterocycles. The second-order valence-electron chi connectivity index (χ2n) is 5.89. The van der Waals surface area contributed by atoms with Crippen molar-refractivity contribution in [3.63, 3.8) is 0 Å². The van der Waals surface area contributed by atoms with Gasteiger partial charge in [0.2, 0.25) is 0 Å². The van der Waals surface area contributed by atoms with E-state index in [1.165, 1.54) is 19.3 Å². The first-order chi connectivity index (χ1) is 9.81. The SMILES string of the molecule is COCCNCc1cn(C2CCOC3(CCC3)C2)nn1. The predicted octanol–water partition coefficient (Wildman–Crippen LogP) is 1.29. The van der Waals surface area contributed by atoms with Crippen LogP contribution in [0.5, 0.6) is 0 Å². The minimum absolute atomic E-state index is 0.158. The fourth-order valence-corrected chi connectivity index (χ4v) is 3.11. The Morgan fingerprint density at radius 3 is 3.20 bits per heavy atom. The molecule has 1 aliphatic carbocycles. The molecule has 2 heterocycles. The first-order valence-electron chi connectivity index (χ1n) is 7.56. The van der Waals surface area contributed by atoms with E-state index in [1.807, 2.05) is 4.68 Å². The quantitative estimate of drug-likeness (QED) is 0.796. The summed E-state index contributed by atoms with van der Waals surface area (Å²) >= 11 is 0. The highest BCUT2D eigenvalue weighted by molar-refractivity contribution is 4.98. The van der Waals surface area contributed by atoms with Crippen molar-refractivity contribution in [3.8, 4) is 0 Å². The molecule has 6 nitrogen and oxygen atoms in total. The summed E-state index contributed by atoms with van der Waals surface area (Å²) in [5.41, 5.74) is 1.15. The Morgan fingerprint density at radius 1 is 1.55 bits per heavy atom. The molecular formula is C14H24N4O2. The standard InChI is InChI=1S/C14H24N4O2/c1-19-8-6-15-10-12-11-18(17-16-12)13-3-7-20-14(9-13)4-2-5-14/h11,13,15H,2-10H2,1H3. The van der Waals surface area contributed by atoms with Gasteiger partial charge in [-0.1, -0.05) is 5.21 Å². The van der Waals surface area contributed by atoms with E-state index in [-0.39, 0.29) is 5.60 Å². The molecule has 1 spiro atoms. The smallest absolute Gasteiger partial charge is 0.0964 e. The Hall–Kier alpha value is -0.980. The summed E-state index contributed by atoms with van der Waals surface area (Å²) in [4.78, 5) is 0. The third-order valence-corrected chi connectivity index (χ3v) is 4.45. The lowest BCUT2D eigenvalue weighted by Crippen LogP contribution is -2.46. The van der Waals surface area contributed by atoms with Gasteiger partial charge in [0.25, 0.3) is 0 Å².